The van der Waals surface area contributed by atoms with Crippen molar-refractivity contribution in [3.05, 3.63) is 24.2 Å². The van der Waals surface area contributed by atoms with Gasteiger partial charge in [0.25, 0.3) is 0 Å². The number of rotatable bonds is 11. The molecule has 0 saturated heterocycles. The highest BCUT2D eigenvalue weighted by atomic mass is 16.5. The molecule has 23 heavy (non-hydrogen) atoms. The second-order valence-electron chi connectivity index (χ2n) is 5.75. The molecular formula is C17H32N4O2. The number of nitrogens with one attached hydrogen (secondary N) is 2. The fourth-order valence-electron chi connectivity index (χ4n) is 1.88. The van der Waals surface area contributed by atoms with Crippen LogP contribution in [0.15, 0.2) is 27.8 Å². The number of hydrogen-bond acceptors (Lipinski definition) is 4. The van der Waals surface area contributed by atoms with E-state index in [9.17, 15) is 0 Å². The van der Waals surface area contributed by atoms with Gasteiger partial charge in [0.2, 0.25) is 0 Å². The number of hydrogen-bond donors (Lipinski definition) is 2. The molecule has 0 aromatic carbocycles. The van der Waals surface area contributed by atoms with E-state index in [1.54, 1.807) is 6.26 Å². The van der Waals surface area contributed by atoms with Crippen LogP contribution in [0.25, 0.3) is 0 Å². The third-order valence-electron chi connectivity index (χ3n) is 3.52. The van der Waals surface area contributed by atoms with Crippen molar-refractivity contribution in [2.45, 2.75) is 39.8 Å². The van der Waals surface area contributed by atoms with Gasteiger partial charge in [0.05, 0.1) is 6.26 Å². The molecule has 0 bridgehead atoms. The minimum absolute atomic E-state index is 0.524. The first-order valence-electron chi connectivity index (χ1n) is 8.46. The van der Waals surface area contributed by atoms with E-state index < -0.39 is 0 Å². The van der Waals surface area contributed by atoms with Crippen molar-refractivity contribution in [3.63, 3.8) is 0 Å². The molecule has 132 valence electrons. The topological polar surface area (TPSA) is 62.0 Å². The van der Waals surface area contributed by atoms with Gasteiger partial charge in [-0.1, -0.05) is 0 Å². The lowest BCUT2D eigenvalue weighted by Gasteiger charge is -2.21. The first kappa shape index (κ1) is 19.5. The molecular weight excluding hydrogens is 292 g/mol. The quantitative estimate of drug-likeness (QED) is 0.371. The van der Waals surface area contributed by atoms with Crippen LogP contribution < -0.4 is 10.6 Å². The van der Waals surface area contributed by atoms with Gasteiger partial charge in [0, 0.05) is 38.8 Å². The lowest BCUT2D eigenvalue weighted by Crippen LogP contribution is -2.42. The molecule has 0 aliphatic rings. The van der Waals surface area contributed by atoms with Gasteiger partial charge in [-0.25, -0.2) is 0 Å². The molecule has 1 aromatic rings. The van der Waals surface area contributed by atoms with Gasteiger partial charge in [0.1, 0.15) is 12.4 Å². The van der Waals surface area contributed by atoms with Gasteiger partial charge in [0.15, 0.2) is 5.96 Å². The number of guanidine groups is 1. The van der Waals surface area contributed by atoms with Crippen molar-refractivity contribution in [2.75, 3.05) is 39.8 Å². The first-order valence-corrected chi connectivity index (χ1v) is 8.46. The van der Waals surface area contributed by atoms with Crippen LogP contribution in [0.4, 0.5) is 0 Å². The number of aliphatic imine (C=N–C) groups is 1. The Balaban J connectivity index is 2.15. The lowest BCUT2D eigenvalue weighted by atomic mass is 10.3. The van der Waals surface area contributed by atoms with E-state index in [0.29, 0.717) is 19.3 Å². The smallest absolute Gasteiger partial charge is 0.191 e. The summed E-state index contributed by atoms with van der Waals surface area (Å²) in [5.74, 6) is 1.73. The van der Waals surface area contributed by atoms with Gasteiger partial charge < -0.3 is 24.7 Å². The molecule has 0 radical (unpaired) electrons. The Labute approximate surface area is 140 Å². The Hall–Kier alpha value is -1.53. The van der Waals surface area contributed by atoms with Crippen molar-refractivity contribution >= 4 is 5.96 Å². The molecule has 6 heteroatoms. The Morgan fingerprint density at radius 3 is 2.87 bits per heavy atom. The van der Waals surface area contributed by atoms with E-state index in [2.05, 4.69) is 48.3 Å². The second kappa shape index (κ2) is 12.0. The van der Waals surface area contributed by atoms with Crippen LogP contribution in [0.3, 0.4) is 0 Å². The summed E-state index contributed by atoms with van der Waals surface area (Å²) in [7, 11) is 2.13. The molecule has 0 fully saturated rings. The third-order valence-corrected chi connectivity index (χ3v) is 3.52. The Bertz CT molecular complexity index is 418. The highest BCUT2D eigenvalue weighted by molar-refractivity contribution is 5.79. The fourth-order valence-corrected chi connectivity index (χ4v) is 1.88. The van der Waals surface area contributed by atoms with Crippen LogP contribution >= 0.6 is 0 Å². The summed E-state index contributed by atoms with van der Waals surface area (Å²) in [5, 5.41) is 6.62. The van der Waals surface area contributed by atoms with Gasteiger partial charge in [-0.3, -0.25) is 4.99 Å². The standard InChI is InChI=1S/C17H32N4O2/c1-5-18-17(20-10-11-21(4)15(2)3)19-9-7-12-22-14-16-8-6-13-23-16/h6,8,13,15H,5,7,9-12,14H2,1-4H3,(H2,18,19,20). The van der Waals surface area contributed by atoms with Crippen LogP contribution in [-0.2, 0) is 11.3 Å². The highest BCUT2D eigenvalue weighted by Gasteiger charge is 2.03. The molecule has 1 aromatic heterocycles. The maximum Gasteiger partial charge on any atom is 0.191 e. The molecule has 1 heterocycles. The number of nitrogens with zero attached hydrogens (tertiary/aromatic N) is 2. The van der Waals surface area contributed by atoms with E-state index >= 15 is 0 Å². The second-order valence-corrected chi connectivity index (χ2v) is 5.75. The van der Waals surface area contributed by atoms with Gasteiger partial charge in [-0.15, -0.1) is 0 Å². The van der Waals surface area contributed by atoms with E-state index in [4.69, 9.17) is 9.15 Å². The number of furan rings is 1. The Morgan fingerprint density at radius 1 is 1.39 bits per heavy atom. The molecule has 6 nitrogen and oxygen atoms in total. The predicted molar refractivity (Wildman–Crippen MR) is 94.7 cm³/mol. The van der Waals surface area contributed by atoms with Crippen LogP contribution in [0.1, 0.15) is 33.0 Å². The van der Waals surface area contributed by atoms with E-state index in [-0.39, 0.29) is 0 Å². The van der Waals surface area contributed by atoms with Crippen molar-refractivity contribution < 1.29 is 9.15 Å². The summed E-state index contributed by atoms with van der Waals surface area (Å²) in [6.07, 6.45) is 2.55. The molecule has 0 unspecified atom stereocenters. The maximum absolute atomic E-state index is 5.55. The van der Waals surface area contributed by atoms with Gasteiger partial charge in [-0.05, 0) is 46.4 Å². The van der Waals surface area contributed by atoms with Crippen molar-refractivity contribution in [3.8, 4) is 0 Å². The average Bonchev–Trinajstić information content (AvgIpc) is 3.03. The summed E-state index contributed by atoms with van der Waals surface area (Å²) in [4.78, 5) is 6.87. The maximum atomic E-state index is 5.55. The highest BCUT2D eigenvalue weighted by Crippen LogP contribution is 2.01. The van der Waals surface area contributed by atoms with Crippen LogP contribution in [-0.4, -0.2) is 56.7 Å². The van der Waals surface area contributed by atoms with Crippen molar-refractivity contribution in [1.82, 2.24) is 15.5 Å². The van der Waals surface area contributed by atoms with E-state index in [0.717, 1.165) is 44.3 Å². The molecule has 0 aliphatic carbocycles. The summed E-state index contributed by atoms with van der Waals surface area (Å²) >= 11 is 0. The minimum atomic E-state index is 0.524. The fraction of sp³-hybridized carbons (Fsp3) is 0.706. The summed E-state index contributed by atoms with van der Waals surface area (Å²) in [5.41, 5.74) is 0. The molecule has 0 spiro atoms. The zero-order valence-electron chi connectivity index (χ0n) is 15.0. The van der Waals surface area contributed by atoms with Crippen molar-refractivity contribution in [2.24, 2.45) is 4.99 Å². The zero-order valence-corrected chi connectivity index (χ0v) is 15.0. The normalized spacial score (nSPS) is 12.2. The van der Waals surface area contributed by atoms with E-state index in [1.807, 2.05) is 12.1 Å². The average molecular weight is 324 g/mol. The third kappa shape index (κ3) is 9.25. The first-order chi connectivity index (χ1) is 11.1. The SMILES string of the molecule is CCNC(=NCCCOCc1ccco1)NCCN(C)C(C)C. The summed E-state index contributed by atoms with van der Waals surface area (Å²) < 4.78 is 10.8. The van der Waals surface area contributed by atoms with Crippen molar-refractivity contribution in [1.29, 1.82) is 0 Å². The number of likely N-dealkylation sites (N-methyl/N-ethyl adjacent to an activating group) is 1. The van der Waals surface area contributed by atoms with Gasteiger partial charge >= 0.3 is 0 Å². The van der Waals surface area contributed by atoms with Crippen LogP contribution in [0.5, 0.6) is 0 Å². The number of ether oxygens (including phenoxy) is 1. The summed E-state index contributed by atoms with van der Waals surface area (Å²) in [6.45, 7) is 11.2. The van der Waals surface area contributed by atoms with Crippen LogP contribution in [0.2, 0.25) is 0 Å². The summed E-state index contributed by atoms with van der Waals surface area (Å²) in [6, 6.07) is 4.34. The molecule has 0 aliphatic heterocycles. The Kier molecular flexibility index (Phi) is 10.2. The molecule has 0 saturated carbocycles. The van der Waals surface area contributed by atoms with Gasteiger partial charge in [-0.2, -0.15) is 0 Å². The molecule has 1 rings (SSSR count). The zero-order chi connectivity index (χ0) is 16.9. The largest absolute Gasteiger partial charge is 0.467 e. The van der Waals surface area contributed by atoms with E-state index in [1.165, 1.54) is 0 Å². The monoisotopic (exact) mass is 324 g/mol. The lowest BCUT2D eigenvalue weighted by molar-refractivity contribution is 0.105. The minimum Gasteiger partial charge on any atom is -0.467 e. The molecule has 2 N–H and O–H groups in total. The van der Waals surface area contributed by atoms with Crippen LogP contribution in [0, 0.1) is 0 Å². The Morgan fingerprint density at radius 2 is 2.22 bits per heavy atom. The molecule has 0 atom stereocenters. The predicted octanol–water partition coefficient (Wildman–Crippen LogP) is 2.08. The molecule has 0 amide bonds.